The fourth-order valence-electron chi connectivity index (χ4n) is 4.93. The number of likely N-dealkylation sites (tertiary alicyclic amines) is 1. The SMILES string of the molecule is O=C1COc2ccc(C(=O)N3CCC(C(c4ccccc4)c4cccc(F)c4)CC3)cc2N1. The maximum atomic E-state index is 14.0. The van der Waals surface area contributed by atoms with Crippen LogP contribution in [0.25, 0.3) is 0 Å². The summed E-state index contributed by atoms with van der Waals surface area (Å²) in [6, 6.07) is 22.2. The molecular weight excluding hydrogens is 419 g/mol. The van der Waals surface area contributed by atoms with Crippen LogP contribution in [0, 0.1) is 11.7 Å². The molecule has 1 N–H and O–H groups in total. The molecule has 0 aromatic heterocycles. The normalized spacial score (nSPS) is 17.0. The number of carbonyl (C=O) groups excluding carboxylic acids is 2. The van der Waals surface area contributed by atoms with Gasteiger partial charge in [-0.2, -0.15) is 0 Å². The number of anilines is 1. The van der Waals surface area contributed by atoms with Gasteiger partial charge in [0.05, 0.1) is 5.69 Å². The van der Waals surface area contributed by atoms with Crippen molar-refractivity contribution in [2.75, 3.05) is 25.0 Å². The summed E-state index contributed by atoms with van der Waals surface area (Å²) < 4.78 is 19.4. The zero-order chi connectivity index (χ0) is 22.8. The second kappa shape index (κ2) is 9.06. The minimum absolute atomic E-state index is 0.0122. The quantitative estimate of drug-likeness (QED) is 0.626. The molecule has 2 amide bonds. The van der Waals surface area contributed by atoms with Crippen LogP contribution in [0.1, 0.15) is 40.2 Å². The van der Waals surface area contributed by atoms with Crippen LogP contribution < -0.4 is 10.1 Å². The Balaban J connectivity index is 1.32. The Hall–Kier alpha value is -3.67. The molecule has 1 fully saturated rings. The number of rotatable bonds is 4. The zero-order valence-electron chi connectivity index (χ0n) is 18.2. The van der Waals surface area contributed by atoms with Crippen LogP contribution in [0.4, 0.5) is 10.1 Å². The topological polar surface area (TPSA) is 58.6 Å². The van der Waals surface area contributed by atoms with Crippen molar-refractivity contribution in [3.8, 4) is 5.75 Å². The lowest BCUT2D eigenvalue weighted by molar-refractivity contribution is -0.118. The summed E-state index contributed by atoms with van der Waals surface area (Å²) in [5, 5.41) is 2.76. The van der Waals surface area contributed by atoms with E-state index >= 15 is 0 Å². The first-order valence-electron chi connectivity index (χ1n) is 11.2. The molecule has 0 spiro atoms. The average Bonchev–Trinajstić information content (AvgIpc) is 2.84. The van der Waals surface area contributed by atoms with Gasteiger partial charge in [0.2, 0.25) is 0 Å². The summed E-state index contributed by atoms with van der Waals surface area (Å²) >= 11 is 0. The maximum Gasteiger partial charge on any atom is 0.262 e. The van der Waals surface area contributed by atoms with Gasteiger partial charge in [0.25, 0.3) is 11.8 Å². The van der Waals surface area contributed by atoms with Gasteiger partial charge < -0.3 is 15.0 Å². The van der Waals surface area contributed by atoms with Crippen LogP contribution in [-0.4, -0.2) is 36.4 Å². The molecule has 3 aromatic rings. The van der Waals surface area contributed by atoms with Gasteiger partial charge in [-0.1, -0.05) is 42.5 Å². The van der Waals surface area contributed by atoms with Crippen molar-refractivity contribution >= 4 is 17.5 Å². The minimum atomic E-state index is -0.232. The van der Waals surface area contributed by atoms with Crippen molar-refractivity contribution in [1.29, 1.82) is 0 Å². The Morgan fingerprint density at radius 2 is 1.73 bits per heavy atom. The summed E-state index contributed by atoms with van der Waals surface area (Å²) in [5.74, 6) is 0.440. The number of benzene rings is 3. The van der Waals surface area contributed by atoms with Crippen molar-refractivity contribution in [2.45, 2.75) is 18.8 Å². The van der Waals surface area contributed by atoms with Crippen molar-refractivity contribution in [1.82, 2.24) is 4.90 Å². The average molecular weight is 445 g/mol. The molecule has 1 unspecified atom stereocenters. The highest BCUT2D eigenvalue weighted by Gasteiger charge is 2.31. The molecule has 0 saturated carbocycles. The monoisotopic (exact) mass is 444 g/mol. The van der Waals surface area contributed by atoms with E-state index in [1.807, 2.05) is 29.2 Å². The number of amides is 2. The highest BCUT2D eigenvalue weighted by atomic mass is 19.1. The Bertz CT molecular complexity index is 1170. The summed E-state index contributed by atoms with van der Waals surface area (Å²) in [6.45, 7) is 1.24. The molecule has 2 heterocycles. The third kappa shape index (κ3) is 4.46. The molecular formula is C27H25FN2O3. The highest BCUT2D eigenvalue weighted by molar-refractivity contribution is 5.99. The number of carbonyl (C=O) groups is 2. The summed E-state index contributed by atoms with van der Waals surface area (Å²) in [5.41, 5.74) is 3.19. The highest BCUT2D eigenvalue weighted by Crippen LogP contribution is 2.38. The van der Waals surface area contributed by atoms with E-state index in [-0.39, 0.29) is 30.2 Å². The summed E-state index contributed by atoms with van der Waals surface area (Å²) in [6.07, 6.45) is 1.65. The number of ether oxygens (including phenoxy) is 1. The summed E-state index contributed by atoms with van der Waals surface area (Å²) in [7, 11) is 0. The molecule has 2 aliphatic heterocycles. The summed E-state index contributed by atoms with van der Waals surface area (Å²) in [4.78, 5) is 26.6. The van der Waals surface area contributed by atoms with E-state index in [1.165, 1.54) is 11.6 Å². The van der Waals surface area contributed by atoms with Gasteiger partial charge in [0.1, 0.15) is 11.6 Å². The molecule has 0 aliphatic carbocycles. The largest absolute Gasteiger partial charge is 0.482 e. The molecule has 1 saturated heterocycles. The lowest BCUT2D eigenvalue weighted by Gasteiger charge is -2.37. The van der Waals surface area contributed by atoms with Gasteiger partial charge in [-0.05, 0) is 60.2 Å². The predicted octanol–water partition coefficient (Wildman–Crippen LogP) is 4.84. The van der Waals surface area contributed by atoms with Crippen molar-refractivity contribution in [2.24, 2.45) is 5.92 Å². The second-order valence-electron chi connectivity index (χ2n) is 8.62. The van der Waals surface area contributed by atoms with Crippen LogP contribution in [0.15, 0.2) is 72.8 Å². The lowest BCUT2D eigenvalue weighted by Crippen LogP contribution is -2.40. The smallest absolute Gasteiger partial charge is 0.262 e. The Kier molecular flexibility index (Phi) is 5.82. The van der Waals surface area contributed by atoms with Gasteiger partial charge in [0, 0.05) is 24.6 Å². The van der Waals surface area contributed by atoms with Crippen molar-refractivity contribution in [3.63, 3.8) is 0 Å². The standard InChI is InChI=1S/C27H25FN2O3/c28-22-8-4-7-20(15-22)26(18-5-2-1-3-6-18)19-11-13-30(14-12-19)27(32)21-9-10-24-23(16-21)29-25(31)17-33-24/h1-10,15-16,19,26H,11-14,17H2,(H,29,31). The Morgan fingerprint density at radius 3 is 2.48 bits per heavy atom. The van der Waals surface area contributed by atoms with Crippen LogP contribution in [0.3, 0.4) is 0 Å². The van der Waals surface area contributed by atoms with Gasteiger partial charge >= 0.3 is 0 Å². The number of fused-ring (bicyclic) bond motifs is 1. The first-order chi connectivity index (χ1) is 16.1. The zero-order valence-corrected chi connectivity index (χ0v) is 18.2. The number of piperidine rings is 1. The molecule has 2 aliphatic rings. The van der Waals surface area contributed by atoms with Crippen LogP contribution >= 0.6 is 0 Å². The number of hydrogen-bond acceptors (Lipinski definition) is 3. The van der Waals surface area contributed by atoms with E-state index in [9.17, 15) is 14.0 Å². The van der Waals surface area contributed by atoms with Gasteiger partial charge in [0.15, 0.2) is 6.61 Å². The molecule has 6 heteroatoms. The van der Waals surface area contributed by atoms with E-state index in [4.69, 9.17) is 4.74 Å². The van der Waals surface area contributed by atoms with E-state index in [1.54, 1.807) is 30.3 Å². The fourth-order valence-corrected chi connectivity index (χ4v) is 4.93. The number of nitrogens with one attached hydrogen (secondary N) is 1. The maximum absolute atomic E-state index is 14.0. The van der Waals surface area contributed by atoms with E-state index in [0.29, 0.717) is 36.0 Å². The van der Waals surface area contributed by atoms with Crippen molar-refractivity contribution in [3.05, 3.63) is 95.3 Å². The van der Waals surface area contributed by atoms with Crippen molar-refractivity contribution < 1.29 is 18.7 Å². The second-order valence-corrected chi connectivity index (χ2v) is 8.62. The predicted molar refractivity (Wildman–Crippen MR) is 124 cm³/mol. The molecule has 3 aromatic carbocycles. The third-order valence-corrected chi connectivity index (χ3v) is 6.52. The molecule has 1 atom stereocenters. The van der Waals surface area contributed by atoms with Gasteiger partial charge in [-0.15, -0.1) is 0 Å². The van der Waals surface area contributed by atoms with Crippen LogP contribution in [-0.2, 0) is 4.79 Å². The minimum Gasteiger partial charge on any atom is -0.482 e. The molecule has 0 bridgehead atoms. The van der Waals surface area contributed by atoms with Crippen LogP contribution in [0.5, 0.6) is 5.75 Å². The van der Waals surface area contributed by atoms with E-state index in [0.717, 1.165) is 18.4 Å². The van der Waals surface area contributed by atoms with Crippen LogP contribution in [0.2, 0.25) is 0 Å². The molecule has 5 rings (SSSR count). The number of hydrogen-bond donors (Lipinski definition) is 1. The lowest BCUT2D eigenvalue weighted by atomic mass is 9.76. The number of halogens is 1. The van der Waals surface area contributed by atoms with E-state index in [2.05, 4.69) is 17.4 Å². The molecule has 33 heavy (non-hydrogen) atoms. The van der Waals surface area contributed by atoms with Gasteiger partial charge in [-0.3, -0.25) is 9.59 Å². The Labute approximate surface area is 192 Å². The molecule has 5 nitrogen and oxygen atoms in total. The number of nitrogens with zero attached hydrogens (tertiary/aromatic N) is 1. The Morgan fingerprint density at radius 1 is 0.970 bits per heavy atom. The molecule has 168 valence electrons. The third-order valence-electron chi connectivity index (χ3n) is 6.52. The van der Waals surface area contributed by atoms with Gasteiger partial charge in [-0.25, -0.2) is 4.39 Å². The first kappa shape index (κ1) is 21.2. The fraction of sp³-hybridized carbons (Fsp3) is 0.259. The molecule has 0 radical (unpaired) electrons. The van der Waals surface area contributed by atoms with E-state index < -0.39 is 0 Å². The first-order valence-corrected chi connectivity index (χ1v) is 11.2.